The number of allylic oxidation sites excluding steroid dienone is 1. The molecule has 0 amide bonds. The zero-order chi connectivity index (χ0) is 19.2. The van der Waals surface area contributed by atoms with Crippen molar-refractivity contribution >= 4 is 39.8 Å². The summed E-state index contributed by atoms with van der Waals surface area (Å²) in [4.78, 5) is 30.8. The number of nitrogens with zero attached hydrogens (tertiary/aromatic N) is 1. The normalized spacial score (nSPS) is 11.6. The largest absolute Gasteiger partial charge is 0.481 e. The maximum absolute atomic E-state index is 12.2. The van der Waals surface area contributed by atoms with Gasteiger partial charge in [0, 0.05) is 28.3 Å². The van der Waals surface area contributed by atoms with E-state index < -0.39 is 5.97 Å². The van der Waals surface area contributed by atoms with Crippen molar-refractivity contribution in [2.75, 3.05) is 0 Å². The summed E-state index contributed by atoms with van der Waals surface area (Å²) < 4.78 is 0. The van der Waals surface area contributed by atoms with Crippen LogP contribution >= 0.6 is 0 Å². The monoisotopic (exact) mass is 364 g/mol. The lowest BCUT2D eigenvalue weighted by Gasteiger charge is -2.00. The van der Waals surface area contributed by atoms with E-state index in [-0.39, 0.29) is 18.6 Å². The topological polar surface area (TPSA) is 83.0 Å². The minimum Gasteiger partial charge on any atom is -0.481 e. The van der Waals surface area contributed by atoms with E-state index in [4.69, 9.17) is 5.11 Å². The van der Waals surface area contributed by atoms with Crippen LogP contribution in [0, 0.1) is 0 Å². The number of hydrogen-bond acceptors (Lipinski definition) is 3. The predicted molar refractivity (Wildman–Crippen MR) is 108 cm³/mol. The summed E-state index contributed by atoms with van der Waals surface area (Å²) in [6, 6.07) is 9.39. The number of carboxylic acids is 1. The number of aromatic nitrogens is 2. The number of carboxylic acid groups (broad SMARTS) is 1. The van der Waals surface area contributed by atoms with Gasteiger partial charge in [-0.3, -0.25) is 9.59 Å². The fourth-order valence-corrected chi connectivity index (χ4v) is 3.14. The van der Waals surface area contributed by atoms with E-state index in [0.717, 1.165) is 34.1 Å². The number of rotatable bonds is 9. The number of Topliss-reactive ketones (excluding diaryl/α,β-unsaturated/α-hetero) is 1. The van der Waals surface area contributed by atoms with E-state index in [1.807, 2.05) is 30.3 Å². The van der Waals surface area contributed by atoms with Gasteiger partial charge >= 0.3 is 5.97 Å². The molecule has 0 atom stereocenters. The molecule has 2 N–H and O–H groups in total. The van der Waals surface area contributed by atoms with Gasteiger partial charge in [-0.15, -0.1) is 0 Å². The summed E-state index contributed by atoms with van der Waals surface area (Å²) in [7, 11) is 0. The molecule has 1 aromatic carbocycles. The average molecular weight is 364 g/mol. The Kier molecular flexibility index (Phi) is 6.01. The maximum atomic E-state index is 12.2. The molecular formula is C22H24N2O3. The number of nitrogens with one attached hydrogen (secondary N) is 1. The number of aliphatic carboxylic acids is 1. The highest BCUT2D eigenvalue weighted by molar-refractivity contribution is 6.09. The van der Waals surface area contributed by atoms with Gasteiger partial charge in [-0.2, -0.15) is 0 Å². The number of carbonyl (C=O) groups is 2. The van der Waals surface area contributed by atoms with Crippen molar-refractivity contribution in [2.24, 2.45) is 0 Å². The van der Waals surface area contributed by atoms with E-state index in [0.29, 0.717) is 5.56 Å². The molecule has 2 heterocycles. The van der Waals surface area contributed by atoms with Crippen LogP contribution in [-0.4, -0.2) is 26.8 Å². The average Bonchev–Trinajstić information content (AvgIpc) is 3.02. The SMILES string of the molecule is CCCCCC=Cc1ccc2c(n1)[nH]c1ccc(C(=O)CCC(=O)O)cc12. The van der Waals surface area contributed by atoms with Crippen LogP contribution in [0.15, 0.2) is 36.4 Å². The fourth-order valence-electron chi connectivity index (χ4n) is 3.14. The summed E-state index contributed by atoms with van der Waals surface area (Å²) in [6.07, 6.45) is 8.77. The molecule has 0 saturated heterocycles. The Labute approximate surface area is 158 Å². The summed E-state index contributed by atoms with van der Waals surface area (Å²) in [6.45, 7) is 2.19. The molecule has 0 radical (unpaired) electrons. The second kappa shape index (κ2) is 8.62. The number of hydrogen-bond donors (Lipinski definition) is 2. The molecule has 0 aliphatic rings. The number of aromatic amines is 1. The molecule has 2 aromatic heterocycles. The number of H-pyrrole nitrogens is 1. The lowest BCUT2D eigenvalue weighted by atomic mass is 10.0. The number of ketones is 1. The predicted octanol–water partition coefficient (Wildman–Crippen LogP) is 5.36. The van der Waals surface area contributed by atoms with Crippen LogP contribution in [0.4, 0.5) is 0 Å². The van der Waals surface area contributed by atoms with Crippen molar-refractivity contribution in [1.82, 2.24) is 9.97 Å². The third-order valence-electron chi connectivity index (χ3n) is 4.63. The number of benzene rings is 1. The van der Waals surface area contributed by atoms with E-state index in [2.05, 4.69) is 23.0 Å². The van der Waals surface area contributed by atoms with Crippen LogP contribution in [-0.2, 0) is 4.79 Å². The van der Waals surface area contributed by atoms with Gasteiger partial charge in [0.15, 0.2) is 5.78 Å². The first-order valence-electron chi connectivity index (χ1n) is 9.42. The van der Waals surface area contributed by atoms with E-state index >= 15 is 0 Å². The summed E-state index contributed by atoms with van der Waals surface area (Å²) >= 11 is 0. The molecule has 140 valence electrons. The van der Waals surface area contributed by atoms with Crippen LogP contribution < -0.4 is 0 Å². The number of pyridine rings is 1. The highest BCUT2D eigenvalue weighted by atomic mass is 16.4. The van der Waals surface area contributed by atoms with Crippen molar-refractivity contribution in [3.05, 3.63) is 47.7 Å². The molecule has 5 nitrogen and oxygen atoms in total. The van der Waals surface area contributed by atoms with E-state index in [1.54, 1.807) is 6.07 Å². The Morgan fingerprint density at radius 1 is 1.11 bits per heavy atom. The standard InChI is InChI=1S/C22H24N2O3/c1-2-3-4-5-6-7-16-9-10-17-18-14-15(20(25)12-13-21(26)27)8-11-19(18)24-22(17)23-16/h6-11,14H,2-5,12-13H2,1H3,(H,23,24)(H,26,27). The van der Waals surface area contributed by atoms with Gasteiger partial charge in [-0.1, -0.05) is 25.8 Å². The quantitative estimate of drug-likeness (QED) is 0.396. The molecule has 27 heavy (non-hydrogen) atoms. The van der Waals surface area contributed by atoms with Gasteiger partial charge in [0.2, 0.25) is 0 Å². The minimum absolute atomic E-state index is 0.00835. The van der Waals surface area contributed by atoms with E-state index in [1.165, 1.54) is 19.3 Å². The van der Waals surface area contributed by atoms with Crippen LogP contribution in [0.25, 0.3) is 28.0 Å². The Hall–Kier alpha value is -2.95. The summed E-state index contributed by atoms with van der Waals surface area (Å²) in [5.41, 5.74) is 3.14. The molecule has 5 heteroatoms. The van der Waals surface area contributed by atoms with Gasteiger partial charge in [-0.05, 0) is 49.2 Å². The van der Waals surface area contributed by atoms with Crippen molar-refractivity contribution in [1.29, 1.82) is 0 Å². The molecule has 0 aliphatic heterocycles. The van der Waals surface area contributed by atoms with Gasteiger partial charge in [0.05, 0.1) is 12.1 Å². The number of carbonyl (C=O) groups excluding carboxylic acids is 1. The smallest absolute Gasteiger partial charge is 0.303 e. The first-order valence-corrected chi connectivity index (χ1v) is 9.42. The minimum atomic E-state index is -0.962. The highest BCUT2D eigenvalue weighted by Crippen LogP contribution is 2.26. The van der Waals surface area contributed by atoms with Crippen LogP contribution in [0.3, 0.4) is 0 Å². The lowest BCUT2D eigenvalue weighted by molar-refractivity contribution is -0.136. The Balaban J connectivity index is 1.83. The van der Waals surface area contributed by atoms with Gasteiger partial charge < -0.3 is 10.1 Å². The maximum Gasteiger partial charge on any atom is 0.303 e. The first-order chi connectivity index (χ1) is 13.1. The second-order valence-corrected chi connectivity index (χ2v) is 6.73. The van der Waals surface area contributed by atoms with Crippen molar-refractivity contribution in [2.45, 2.75) is 45.4 Å². The van der Waals surface area contributed by atoms with E-state index in [9.17, 15) is 9.59 Å². The van der Waals surface area contributed by atoms with Crippen LogP contribution in [0.1, 0.15) is 61.5 Å². The summed E-state index contributed by atoms with van der Waals surface area (Å²) in [5.74, 6) is -1.12. The Bertz CT molecular complexity index is 1000. The molecule has 0 spiro atoms. The number of fused-ring (bicyclic) bond motifs is 3. The molecule has 3 aromatic rings. The lowest BCUT2D eigenvalue weighted by Crippen LogP contribution is -2.03. The third-order valence-corrected chi connectivity index (χ3v) is 4.63. The van der Waals surface area contributed by atoms with Gasteiger partial charge in [0.25, 0.3) is 0 Å². The Morgan fingerprint density at radius 3 is 2.74 bits per heavy atom. The molecule has 3 rings (SSSR count). The zero-order valence-electron chi connectivity index (χ0n) is 15.5. The van der Waals surface area contributed by atoms with Gasteiger partial charge in [0.1, 0.15) is 5.65 Å². The number of unbranched alkanes of at least 4 members (excludes halogenated alkanes) is 3. The Morgan fingerprint density at radius 2 is 1.96 bits per heavy atom. The van der Waals surface area contributed by atoms with Crippen LogP contribution in [0.2, 0.25) is 0 Å². The second-order valence-electron chi connectivity index (χ2n) is 6.73. The molecular weight excluding hydrogens is 340 g/mol. The third kappa shape index (κ3) is 4.61. The first kappa shape index (κ1) is 18.8. The van der Waals surface area contributed by atoms with Crippen molar-refractivity contribution in [3.63, 3.8) is 0 Å². The van der Waals surface area contributed by atoms with Crippen LogP contribution in [0.5, 0.6) is 0 Å². The molecule has 0 bridgehead atoms. The summed E-state index contributed by atoms with van der Waals surface area (Å²) in [5, 5.41) is 10.6. The molecule has 0 saturated carbocycles. The highest BCUT2D eigenvalue weighted by Gasteiger charge is 2.12. The van der Waals surface area contributed by atoms with Crippen molar-refractivity contribution < 1.29 is 14.7 Å². The zero-order valence-corrected chi connectivity index (χ0v) is 15.5. The van der Waals surface area contributed by atoms with Crippen molar-refractivity contribution in [3.8, 4) is 0 Å². The molecule has 0 unspecified atom stereocenters. The van der Waals surface area contributed by atoms with Gasteiger partial charge in [-0.25, -0.2) is 4.98 Å². The molecule has 0 aliphatic carbocycles. The fraction of sp³-hybridized carbons (Fsp3) is 0.318. The molecule has 0 fully saturated rings.